The van der Waals surface area contributed by atoms with Gasteiger partial charge in [0.15, 0.2) is 0 Å². The maximum absolute atomic E-state index is 5.94. The maximum atomic E-state index is 5.94. The Labute approximate surface area is 233 Å². The molecule has 2 unspecified atom stereocenters. The third-order valence-corrected chi connectivity index (χ3v) is 7.45. The molecule has 2 aromatic carbocycles. The Balaban J connectivity index is 2.10. The van der Waals surface area contributed by atoms with Crippen molar-refractivity contribution in [3.05, 3.63) is 53.3 Å². The Kier molecular flexibility index (Phi) is 12.9. The summed E-state index contributed by atoms with van der Waals surface area (Å²) in [5.74, 6) is 1.55. The van der Waals surface area contributed by atoms with Crippen molar-refractivity contribution >= 4 is 95.6 Å². The fraction of sp³-hybridized carbons (Fsp3) is 0.429. The summed E-state index contributed by atoms with van der Waals surface area (Å²) < 4.78 is 25.7. The lowest BCUT2D eigenvalue weighted by atomic mass is 10.0. The van der Waals surface area contributed by atoms with Crippen molar-refractivity contribution in [2.45, 2.75) is 16.1 Å². The van der Waals surface area contributed by atoms with Crippen molar-refractivity contribution in [3.8, 4) is 11.5 Å². The van der Waals surface area contributed by atoms with Crippen molar-refractivity contribution in [1.29, 1.82) is 0 Å². The molecule has 0 aliphatic rings. The van der Waals surface area contributed by atoms with Gasteiger partial charge >= 0.3 is 0 Å². The lowest BCUT2D eigenvalue weighted by Crippen LogP contribution is -2.17. The van der Waals surface area contributed by atoms with E-state index in [2.05, 4.69) is 120 Å². The van der Waals surface area contributed by atoms with Crippen molar-refractivity contribution in [1.82, 2.24) is 0 Å². The van der Waals surface area contributed by atoms with Crippen LogP contribution in [0.2, 0.25) is 0 Å². The minimum atomic E-state index is 0.126. The highest BCUT2D eigenvalue weighted by atomic mass is 79.9. The van der Waals surface area contributed by atoms with Gasteiger partial charge in [0.1, 0.15) is 24.7 Å². The number of methoxy groups -OCH3 is 2. The van der Waals surface area contributed by atoms with E-state index in [1.165, 1.54) is 0 Å². The van der Waals surface area contributed by atoms with Crippen molar-refractivity contribution in [2.75, 3.05) is 40.6 Å². The first-order valence-electron chi connectivity index (χ1n) is 9.22. The predicted octanol–water partition coefficient (Wildman–Crippen LogP) is 7.90. The van der Waals surface area contributed by atoms with E-state index in [4.69, 9.17) is 18.9 Å². The Morgan fingerprint density at radius 2 is 0.935 bits per heavy atom. The largest absolute Gasteiger partial charge is 0.490 e. The van der Waals surface area contributed by atoms with Gasteiger partial charge in [0.2, 0.25) is 0 Å². The smallest absolute Gasteiger partial charge is 0.147 e. The molecule has 0 aliphatic carbocycles. The van der Waals surface area contributed by atoms with Crippen LogP contribution in [0.15, 0.2) is 42.2 Å². The summed E-state index contributed by atoms with van der Waals surface area (Å²) in [4.78, 5) is 0.251. The second-order valence-electron chi connectivity index (χ2n) is 6.68. The van der Waals surface area contributed by atoms with E-state index in [9.17, 15) is 0 Å². The van der Waals surface area contributed by atoms with Gasteiger partial charge in [-0.15, -0.1) is 0 Å². The summed E-state index contributed by atoms with van der Waals surface area (Å²) in [7, 11) is 3.34. The van der Waals surface area contributed by atoms with Crippen LogP contribution in [0.5, 0.6) is 11.5 Å². The van der Waals surface area contributed by atoms with Gasteiger partial charge in [-0.05, 0) is 106 Å². The van der Waals surface area contributed by atoms with E-state index in [1.54, 1.807) is 14.2 Å². The Morgan fingerprint density at radius 1 is 0.613 bits per heavy atom. The first-order chi connectivity index (χ1) is 14.7. The Hall–Kier alpha value is 0.840. The lowest BCUT2D eigenvalue weighted by molar-refractivity contribution is 0.179. The Bertz CT molecular complexity index is 748. The van der Waals surface area contributed by atoms with Gasteiger partial charge in [-0.3, -0.25) is 0 Å². The summed E-state index contributed by atoms with van der Waals surface area (Å²) in [6.45, 7) is 2.18. The second-order valence-corrected chi connectivity index (χ2v) is 12.7. The van der Waals surface area contributed by atoms with Crippen LogP contribution in [0.1, 0.15) is 11.1 Å². The zero-order valence-electron chi connectivity index (χ0n) is 16.9. The van der Waals surface area contributed by atoms with Crippen LogP contribution in [0, 0.1) is 0 Å². The highest BCUT2D eigenvalue weighted by molar-refractivity contribution is 9.11. The van der Waals surface area contributed by atoms with Gasteiger partial charge < -0.3 is 18.9 Å². The highest BCUT2D eigenvalue weighted by Crippen LogP contribution is 2.38. The molecule has 2 aromatic rings. The van der Waals surface area contributed by atoms with E-state index < -0.39 is 0 Å². The van der Waals surface area contributed by atoms with Gasteiger partial charge in [-0.25, -0.2) is 0 Å². The van der Waals surface area contributed by atoms with Crippen molar-refractivity contribution < 1.29 is 18.9 Å². The summed E-state index contributed by atoms with van der Waals surface area (Å²) in [5.41, 5.74) is 2.29. The van der Waals surface area contributed by atoms with Gasteiger partial charge in [0.05, 0.1) is 40.8 Å². The molecule has 0 saturated carbocycles. The molecule has 4 nitrogen and oxygen atoms in total. The molecule has 0 fully saturated rings. The van der Waals surface area contributed by atoms with Crippen LogP contribution >= 0.6 is 95.6 Å². The topological polar surface area (TPSA) is 36.9 Å². The molecule has 0 bridgehead atoms. The third-order valence-electron chi connectivity index (χ3n) is 4.04. The normalized spacial score (nSPS) is 13.2. The summed E-state index contributed by atoms with van der Waals surface area (Å²) in [6.07, 6.45) is 0.754. The molecule has 0 aromatic heterocycles. The standard InChI is InChI=1S/C21H22Br6O4/c1-28-8-14(22)10-30-20-16(24)4-12(5-17(20)25)3-13-6-18(26)21(19(27)7-13)31-11-15(23)9-29-2/h4-7,14-15H,3,8-11H2,1-2H3. The second kappa shape index (κ2) is 14.3. The van der Waals surface area contributed by atoms with E-state index >= 15 is 0 Å². The zero-order valence-corrected chi connectivity index (χ0v) is 26.4. The van der Waals surface area contributed by atoms with Crippen molar-refractivity contribution in [3.63, 3.8) is 0 Å². The molecule has 0 radical (unpaired) electrons. The number of alkyl halides is 2. The molecule has 0 amide bonds. The van der Waals surface area contributed by atoms with Crippen LogP contribution in [0.3, 0.4) is 0 Å². The van der Waals surface area contributed by atoms with E-state index in [0.29, 0.717) is 26.4 Å². The third kappa shape index (κ3) is 9.19. The van der Waals surface area contributed by atoms with Crippen LogP contribution in [0.4, 0.5) is 0 Å². The molecule has 0 saturated heterocycles. The molecule has 0 heterocycles. The Morgan fingerprint density at radius 3 is 1.23 bits per heavy atom. The van der Waals surface area contributed by atoms with Crippen LogP contribution in [0.25, 0.3) is 0 Å². The molecule has 2 atom stereocenters. The number of benzene rings is 2. The number of halogens is 6. The average Bonchev–Trinajstić information content (AvgIpc) is 2.67. The highest BCUT2D eigenvalue weighted by Gasteiger charge is 2.15. The van der Waals surface area contributed by atoms with E-state index in [0.717, 1.165) is 46.9 Å². The van der Waals surface area contributed by atoms with Gasteiger partial charge in [0, 0.05) is 14.2 Å². The molecule has 0 N–H and O–H groups in total. The average molecular weight is 818 g/mol. The molecular formula is C21H22Br6O4. The zero-order chi connectivity index (χ0) is 23.0. The van der Waals surface area contributed by atoms with Crippen LogP contribution in [-0.2, 0) is 15.9 Å². The lowest BCUT2D eigenvalue weighted by Gasteiger charge is -2.16. The molecular weight excluding hydrogens is 796 g/mol. The number of hydrogen-bond acceptors (Lipinski definition) is 4. The van der Waals surface area contributed by atoms with E-state index in [1.807, 2.05) is 0 Å². The van der Waals surface area contributed by atoms with Gasteiger partial charge in [-0.2, -0.15) is 0 Å². The molecule has 0 aliphatic heterocycles. The SMILES string of the molecule is COCC(Br)COc1c(Br)cc(Cc2cc(Br)c(OCC(Br)COC)c(Br)c2)cc1Br. The van der Waals surface area contributed by atoms with Crippen LogP contribution < -0.4 is 9.47 Å². The quantitative estimate of drug-likeness (QED) is 0.204. The first-order valence-corrected chi connectivity index (χ1v) is 14.2. The van der Waals surface area contributed by atoms with Crippen LogP contribution in [-0.4, -0.2) is 50.3 Å². The maximum Gasteiger partial charge on any atom is 0.147 e. The summed E-state index contributed by atoms with van der Waals surface area (Å²) >= 11 is 21.6. The predicted molar refractivity (Wildman–Crippen MR) is 147 cm³/mol. The molecule has 10 heteroatoms. The minimum Gasteiger partial charge on any atom is -0.490 e. The number of hydrogen-bond donors (Lipinski definition) is 0. The molecule has 172 valence electrons. The van der Waals surface area contributed by atoms with E-state index in [-0.39, 0.29) is 9.65 Å². The molecule has 2 rings (SSSR count). The fourth-order valence-electron chi connectivity index (χ4n) is 2.75. The van der Waals surface area contributed by atoms with Crippen molar-refractivity contribution in [2.24, 2.45) is 0 Å². The minimum absolute atomic E-state index is 0.126. The van der Waals surface area contributed by atoms with Gasteiger partial charge in [0.25, 0.3) is 0 Å². The monoisotopic (exact) mass is 812 g/mol. The summed E-state index contributed by atoms with van der Waals surface area (Å²) in [6, 6.07) is 8.30. The molecule has 31 heavy (non-hydrogen) atoms. The number of rotatable bonds is 12. The van der Waals surface area contributed by atoms with Gasteiger partial charge in [-0.1, -0.05) is 31.9 Å². The fourth-order valence-corrected chi connectivity index (χ4v) is 6.56. The molecule has 0 spiro atoms. The number of ether oxygens (including phenoxy) is 4. The summed E-state index contributed by atoms with van der Waals surface area (Å²) in [5, 5.41) is 0. The first kappa shape index (κ1) is 28.1.